The molecule has 1 spiro atoms. The zero-order chi connectivity index (χ0) is 16.6. The van der Waals surface area contributed by atoms with Gasteiger partial charge in [-0.1, -0.05) is 41.7 Å². The summed E-state index contributed by atoms with van der Waals surface area (Å²) in [4.78, 5) is 13.4. The molecule has 1 aromatic heterocycles. The van der Waals surface area contributed by atoms with Crippen LogP contribution >= 0.6 is 11.3 Å². The summed E-state index contributed by atoms with van der Waals surface area (Å²) in [6.07, 6.45) is 2.32. The highest BCUT2D eigenvalue weighted by molar-refractivity contribution is 7.18. The molecule has 7 heteroatoms. The predicted octanol–water partition coefficient (Wildman–Crippen LogP) is 2.67. The van der Waals surface area contributed by atoms with Gasteiger partial charge >= 0.3 is 5.97 Å². The molecule has 2 aliphatic rings. The van der Waals surface area contributed by atoms with Crippen molar-refractivity contribution in [2.24, 2.45) is 5.92 Å². The Morgan fingerprint density at radius 1 is 1.25 bits per heavy atom. The van der Waals surface area contributed by atoms with Gasteiger partial charge in [0.05, 0.1) is 18.1 Å². The number of nitrogens with zero attached hydrogens (tertiary/aromatic N) is 3. The Morgan fingerprint density at radius 3 is 2.67 bits per heavy atom. The number of anilines is 1. The summed E-state index contributed by atoms with van der Waals surface area (Å²) < 4.78 is 5.87. The minimum Gasteiger partial charge on any atom is -0.481 e. The Kier molecular flexibility index (Phi) is 3.97. The average molecular weight is 345 g/mol. The molecule has 0 aliphatic carbocycles. The summed E-state index contributed by atoms with van der Waals surface area (Å²) in [5, 5.41) is 19.7. The van der Waals surface area contributed by atoms with Crippen LogP contribution in [0.5, 0.6) is 0 Å². The molecule has 1 N–H and O–H groups in total. The van der Waals surface area contributed by atoms with E-state index in [4.69, 9.17) is 9.84 Å². The zero-order valence-electron chi connectivity index (χ0n) is 13.2. The fraction of sp³-hybridized carbons (Fsp3) is 0.471. The lowest BCUT2D eigenvalue weighted by molar-refractivity contribution is -0.141. The normalized spacial score (nSPS) is 22.8. The number of piperidine rings is 1. The van der Waals surface area contributed by atoms with E-state index in [1.807, 2.05) is 30.3 Å². The van der Waals surface area contributed by atoms with Crippen LogP contribution < -0.4 is 4.90 Å². The zero-order valence-corrected chi connectivity index (χ0v) is 14.0. The van der Waals surface area contributed by atoms with Crippen molar-refractivity contribution in [3.05, 3.63) is 30.3 Å². The maximum absolute atomic E-state index is 11.1. The molecule has 0 saturated carbocycles. The quantitative estimate of drug-likeness (QED) is 0.922. The molecule has 2 fully saturated rings. The van der Waals surface area contributed by atoms with Crippen molar-refractivity contribution in [3.63, 3.8) is 0 Å². The number of carbonyl (C=O) groups is 1. The predicted molar refractivity (Wildman–Crippen MR) is 91.2 cm³/mol. The molecular weight excluding hydrogens is 326 g/mol. The molecule has 126 valence electrons. The van der Waals surface area contributed by atoms with Gasteiger partial charge in [0.15, 0.2) is 0 Å². The van der Waals surface area contributed by atoms with Gasteiger partial charge in [0.25, 0.3) is 0 Å². The third-order valence-corrected chi connectivity index (χ3v) is 5.97. The largest absolute Gasteiger partial charge is 0.481 e. The highest BCUT2D eigenvalue weighted by atomic mass is 32.1. The number of hydrogen-bond donors (Lipinski definition) is 1. The van der Waals surface area contributed by atoms with Crippen molar-refractivity contribution in [1.82, 2.24) is 10.2 Å². The first-order valence-electron chi connectivity index (χ1n) is 8.16. The molecular formula is C17H19N3O3S. The van der Waals surface area contributed by atoms with Crippen molar-refractivity contribution < 1.29 is 14.6 Å². The van der Waals surface area contributed by atoms with Crippen LogP contribution in [0.4, 0.5) is 5.13 Å². The van der Waals surface area contributed by atoms with Gasteiger partial charge in [0.1, 0.15) is 5.01 Å². The van der Waals surface area contributed by atoms with Crippen LogP contribution in [0.2, 0.25) is 0 Å². The number of carboxylic acids is 1. The van der Waals surface area contributed by atoms with Gasteiger partial charge < -0.3 is 14.7 Å². The second kappa shape index (κ2) is 6.14. The van der Waals surface area contributed by atoms with E-state index in [1.54, 1.807) is 11.3 Å². The van der Waals surface area contributed by atoms with E-state index in [2.05, 4.69) is 15.1 Å². The fourth-order valence-electron chi connectivity index (χ4n) is 3.50. The number of aliphatic carboxylic acids is 1. The molecule has 1 aromatic carbocycles. The van der Waals surface area contributed by atoms with Crippen LogP contribution in [0, 0.1) is 5.92 Å². The van der Waals surface area contributed by atoms with Gasteiger partial charge in [-0.15, -0.1) is 10.2 Å². The standard InChI is InChI=1S/C17H19N3O3S/c21-15(22)13-10-17(23-11-13)6-8-20(9-7-17)16-19-18-14(24-16)12-4-2-1-3-5-12/h1-5,13H,6-11H2,(H,21,22). The Morgan fingerprint density at radius 2 is 2.00 bits per heavy atom. The molecule has 1 atom stereocenters. The topological polar surface area (TPSA) is 75.6 Å². The lowest BCUT2D eigenvalue weighted by Gasteiger charge is -2.38. The number of hydrogen-bond acceptors (Lipinski definition) is 6. The van der Waals surface area contributed by atoms with Crippen molar-refractivity contribution in [2.45, 2.75) is 24.9 Å². The molecule has 2 saturated heterocycles. The molecule has 4 rings (SSSR count). The first-order valence-corrected chi connectivity index (χ1v) is 8.98. The van der Waals surface area contributed by atoms with Crippen LogP contribution in [-0.2, 0) is 9.53 Å². The minimum atomic E-state index is -0.745. The third kappa shape index (κ3) is 2.89. The number of aromatic nitrogens is 2. The number of rotatable bonds is 3. The maximum Gasteiger partial charge on any atom is 0.308 e. The van der Waals surface area contributed by atoms with Crippen LogP contribution in [0.3, 0.4) is 0 Å². The molecule has 0 radical (unpaired) electrons. The average Bonchev–Trinajstić information content (AvgIpc) is 3.25. The lowest BCUT2D eigenvalue weighted by atomic mass is 9.85. The number of carboxylic acid groups (broad SMARTS) is 1. The van der Waals surface area contributed by atoms with Crippen LogP contribution in [0.1, 0.15) is 19.3 Å². The Bertz CT molecular complexity index is 726. The molecule has 0 bridgehead atoms. The molecule has 6 nitrogen and oxygen atoms in total. The maximum atomic E-state index is 11.1. The summed E-state index contributed by atoms with van der Waals surface area (Å²) in [6.45, 7) is 2.00. The molecule has 3 heterocycles. The van der Waals surface area contributed by atoms with Crippen molar-refractivity contribution in [2.75, 3.05) is 24.6 Å². The first kappa shape index (κ1) is 15.5. The van der Waals surface area contributed by atoms with E-state index >= 15 is 0 Å². The van der Waals surface area contributed by atoms with Crippen LogP contribution in [0.25, 0.3) is 10.6 Å². The van der Waals surface area contributed by atoms with Crippen LogP contribution in [-0.4, -0.2) is 46.6 Å². The van der Waals surface area contributed by atoms with E-state index in [-0.39, 0.29) is 11.5 Å². The molecule has 1 unspecified atom stereocenters. The third-order valence-electron chi connectivity index (χ3n) is 4.94. The summed E-state index contributed by atoms with van der Waals surface area (Å²) in [5.74, 6) is -1.10. The van der Waals surface area contributed by atoms with Crippen molar-refractivity contribution in [3.8, 4) is 10.6 Å². The molecule has 2 aromatic rings. The van der Waals surface area contributed by atoms with Gasteiger partial charge in [-0.3, -0.25) is 4.79 Å². The summed E-state index contributed by atoms with van der Waals surface area (Å²) in [6, 6.07) is 10.1. The number of benzene rings is 1. The van der Waals surface area contributed by atoms with Gasteiger partial charge in [0, 0.05) is 18.7 Å². The summed E-state index contributed by atoms with van der Waals surface area (Å²) in [5.41, 5.74) is 0.824. The van der Waals surface area contributed by atoms with Gasteiger partial charge in [-0.25, -0.2) is 0 Å². The van der Waals surface area contributed by atoms with Crippen molar-refractivity contribution in [1.29, 1.82) is 0 Å². The highest BCUT2D eigenvalue weighted by Gasteiger charge is 2.45. The van der Waals surface area contributed by atoms with Crippen LogP contribution in [0.15, 0.2) is 30.3 Å². The van der Waals surface area contributed by atoms with E-state index in [1.165, 1.54) is 0 Å². The van der Waals surface area contributed by atoms with E-state index < -0.39 is 5.97 Å². The van der Waals surface area contributed by atoms with E-state index in [0.29, 0.717) is 13.0 Å². The Balaban J connectivity index is 1.42. The van der Waals surface area contributed by atoms with E-state index in [9.17, 15) is 4.79 Å². The summed E-state index contributed by atoms with van der Waals surface area (Å²) in [7, 11) is 0. The molecule has 24 heavy (non-hydrogen) atoms. The molecule has 2 aliphatic heterocycles. The fourth-order valence-corrected chi connectivity index (χ4v) is 4.40. The number of ether oxygens (including phenoxy) is 1. The Hall–Kier alpha value is -1.99. The van der Waals surface area contributed by atoms with E-state index in [0.717, 1.165) is 41.6 Å². The highest BCUT2D eigenvalue weighted by Crippen LogP contribution is 2.40. The molecule has 0 amide bonds. The lowest BCUT2D eigenvalue weighted by Crippen LogP contribution is -2.44. The van der Waals surface area contributed by atoms with Gasteiger partial charge in [-0.05, 0) is 19.3 Å². The Labute approximate surface area is 144 Å². The SMILES string of the molecule is O=C(O)C1COC2(CCN(c3nnc(-c4ccccc4)s3)CC2)C1. The second-order valence-corrected chi connectivity index (χ2v) is 7.43. The first-order chi connectivity index (χ1) is 11.7. The monoisotopic (exact) mass is 345 g/mol. The van der Waals surface area contributed by atoms with Crippen molar-refractivity contribution >= 4 is 22.4 Å². The summed E-state index contributed by atoms with van der Waals surface area (Å²) >= 11 is 1.60. The van der Waals surface area contributed by atoms with Gasteiger partial charge in [-0.2, -0.15) is 0 Å². The smallest absolute Gasteiger partial charge is 0.308 e. The van der Waals surface area contributed by atoms with Gasteiger partial charge in [0.2, 0.25) is 5.13 Å². The second-order valence-electron chi connectivity index (χ2n) is 6.48. The minimum absolute atomic E-state index is 0.257.